The van der Waals surface area contributed by atoms with E-state index in [0.29, 0.717) is 12.8 Å². The number of rotatable bonds is 16. The van der Waals surface area contributed by atoms with Gasteiger partial charge in [0.25, 0.3) is 0 Å². The average molecular weight is 445 g/mol. The van der Waals surface area contributed by atoms with Crippen LogP contribution in [-0.2, 0) is 23.9 Å². The molecule has 0 spiro atoms. The maximum Gasteiger partial charge on any atom is 0.305 e. The SMILES string of the molecule is CCCCCC(=O)OCCN(CCOC(=O)CCCCC)C(=O)CN1C[C@@H](O)[C@@H](O)C1. The Morgan fingerprint density at radius 3 is 1.71 bits per heavy atom. The molecule has 1 aliphatic heterocycles. The molecule has 1 fully saturated rings. The minimum atomic E-state index is -0.866. The Labute approximate surface area is 185 Å². The van der Waals surface area contributed by atoms with Crippen molar-refractivity contribution in [2.24, 2.45) is 0 Å². The van der Waals surface area contributed by atoms with Crippen LogP contribution in [0.5, 0.6) is 0 Å². The predicted octanol–water partition coefficient (Wildman–Crippen LogP) is 1.10. The first-order valence-corrected chi connectivity index (χ1v) is 11.5. The van der Waals surface area contributed by atoms with Crippen LogP contribution < -0.4 is 0 Å². The maximum absolute atomic E-state index is 12.7. The summed E-state index contributed by atoms with van der Waals surface area (Å²) in [6, 6.07) is 0. The van der Waals surface area contributed by atoms with E-state index in [9.17, 15) is 24.6 Å². The van der Waals surface area contributed by atoms with E-state index in [1.807, 2.05) is 0 Å². The monoisotopic (exact) mass is 444 g/mol. The molecule has 0 unspecified atom stereocenters. The standard InChI is InChI=1S/C22H40N2O7/c1-3-5-7-9-21(28)30-13-11-24(12-14-31-22(29)10-8-6-4-2)20(27)17-23-15-18(25)19(26)16-23/h18-19,25-26H,3-17H2,1-2H3/t18-,19+. The number of aliphatic hydroxyl groups excluding tert-OH is 2. The Kier molecular flexibility index (Phi) is 14.1. The number of amides is 1. The molecular weight excluding hydrogens is 404 g/mol. The quantitative estimate of drug-likeness (QED) is 0.269. The zero-order valence-electron chi connectivity index (χ0n) is 19.1. The molecule has 0 aliphatic carbocycles. The van der Waals surface area contributed by atoms with Gasteiger partial charge in [-0.05, 0) is 12.8 Å². The second-order valence-electron chi connectivity index (χ2n) is 8.06. The molecule has 0 saturated carbocycles. The second-order valence-corrected chi connectivity index (χ2v) is 8.06. The van der Waals surface area contributed by atoms with Gasteiger partial charge >= 0.3 is 11.9 Å². The molecule has 1 saturated heterocycles. The summed E-state index contributed by atoms with van der Waals surface area (Å²) < 4.78 is 10.5. The van der Waals surface area contributed by atoms with Crippen LogP contribution in [0, 0.1) is 0 Å². The van der Waals surface area contributed by atoms with Crippen LogP contribution in [0.25, 0.3) is 0 Å². The van der Waals surface area contributed by atoms with Crippen LogP contribution in [0.3, 0.4) is 0 Å². The van der Waals surface area contributed by atoms with Gasteiger partial charge in [-0.15, -0.1) is 0 Å². The van der Waals surface area contributed by atoms with Crippen molar-refractivity contribution < 1.29 is 34.1 Å². The Balaban J connectivity index is 2.47. The summed E-state index contributed by atoms with van der Waals surface area (Å²) in [5.74, 6) is -0.798. The van der Waals surface area contributed by atoms with Crippen molar-refractivity contribution in [2.45, 2.75) is 77.4 Å². The highest BCUT2D eigenvalue weighted by molar-refractivity contribution is 5.78. The first-order valence-electron chi connectivity index (χ1n) is 11.5. The number of carbonyl (C=O) groups is 3. The molecular formula is C22H40N2O7. The summed E-state index contributed by atoms with van der Waals surface area (Å²) in [7, 11) is 0. The fraction of sp³-hybridized carbons (Fsp3) is 0.864. The highest BCUT2D eigenvalue weighted by Crippen LogP contribution is 2.10. The van der Waals surface area contributed by atoms with E-state index < -0.39 is 12.2 Å². The van der Waals surface area contributed by atoms with Crippen LogP contribution in [-0.4, -0.2) is 96.0 Å². The van der Waals surface area contributed by atoms with Crippen molar-refractivity contribution in [3.05, 3.63) is 0 Å². The fourth-order valence-corrected chi connectivity index (χ4v) is 3.35. The number of ether oxygens (including phenoxy) is 2. The lowest BCUT2D eigenvalue weighted by atomic mass is 10.2. The van der Waals surface area contributed by atoms with Gasteiger partial charge in [0.15, 0.2) is 0 Å². The average Bonchev–Trinajstić information content (AvgIpc) is 3.04. The van der Waals surface area contributed by atoms with Crippen LogP contribution in [0.4, 0.5) is 0 Å². The van der Waals surface area contributed by atoms with Gasteiger partial charge in [-0.2, -0.15) is 0 Å². The number of hydrogen-bond donors (Lipinski definition) is 2. The van der Waals surface area contributed by atoms with E-state index in [1.165, 1.54) is 4.90 Å². The molecule has 1 rings (SSSR count). The van der Waals surface area contributed by atoms with Crippen LogP contribution >= 0.6 is 0 Å². The van der Waals surface area contributed by atoms with Gasteiger partial charge in [0.05, 0.1) is 31.8 Å². The van der Waals surface area contributed by atoms with Crippen LogP contribution in [0.2, 0.25) is 0 Å². The number of β-amino-alcohol motifs (C(OH)–C–C–N with tert-alkyl or cyclic N) is 2. The van der Waals surface area contributed by atoms with Crippen molar-refractivity contribution in [3.63, 3.8) is 0 Å². The first kappa shape index (κ1) is 27.3. The van der Waals surface area contributed by atoms with Crippen molar-refractivity contribution in [3.8, 4) is 0 Å². The molecule has 0 aromatic carbocycles. The summed E-state index contributed by atoms with van der Waals surface area (Å²) in [4.78, 5) is 39.5. The Bertz CT molecular complexity index is 506. The van der Waals surface area contributed by atoms with Crippen molar-refractivity contribution in [1.29, 1.82) is 0 Å². The molecule has 0 radical (unpaired) electrons. The van der Waals surface area contributed by atoms with Gasteiger partial charge in [0.2, 0.25) is 5.91 Å². The lowest BCUT2D eigenvalue weighted by Crippen LogP contribution is -2.43. The van der Waals surface area contributed by atoms with Crippen molar-refractivity contribution in [2.75, 3.05) is 45.9 Å². The summed E-state index contributed by atoms with van der Waals surface area (Å²) >= 11 is 0. The van der Waals surface area contributed by atoms with Crippen LogP contribution in [0.15, 0.2) is 0 Å². The largest absolute Gasteiger partial charge is 0.464 e. The van der Waals surface area contributed by atoms with E-state index >= 15 is 0 Å². The molecule has 2 N–H and O–H groups in total. The minimum absolute atomic E-state index is 0.0308. The molecule has 31 heavy (non-hydrogen) atoms. The lowest BCUT2D eigenvalue weighted by Gasteiger charge is -2.25. The normalized spacial score (nSPS) is 18.7. The predicted molar refractivity (Wildman–Crippen MR) is 115 cm³/mol. The smallest absolute Gasteiger partial charge is 0.305 e. The molecule has 1 aliphatic rings. The molecule has 0 aromatic rings. The molecule has 1 amide bonds. The highest BCUT2D eigenvalue weighted by atomic mass is 16.5. The fourth-order valence-electron chi connectivity index (χ4n) is 3.35. The Morgan fingerprint density at radius 2 is 1.29 bits per heavy atom. The van der Waals surface area contributed by atoms with E-state index in [-0.39, 0.29) is 63.8 Å². The third-order valence-corrected chi connectivity index (χ3v) is 5.26. The number of hydrogen-bond acceptors (Lipinski definition) is 8. The number of unbranched alkanes of at least 4 members (excludes halogenated alkanes) is 4. The van der Waals surface area contributed by atoms with Gasteiger partial charge in [0.1, 0.15) is 13.2 Å². The van der Waals surface area contributed by atoms with Gasteiger partial charge < -0.3 is 24.6 Å². The van der Waals surface area contributed by atoms with Gasteiger partial charge in [-0.1, -0.05) is 39.5 Å². The third kappa shape index (κ3) is 12.0. The minimum Gasteiger partial charge on any atom is -0.464 e. The first-order chi connectivity index (χ1) is 14.9. The summed E-state index contributed by atoms with van der Waals surface area (Å²) in [6.07, 6.45) is 4.54. The summed E-state index contributed by atoms with van der Waals surface area (Å²) in [5.41, 5.74) is 0. The maximum atomic E-state index is 12.7. The molecule has 9 nitrogen and oxygen atoms in total. The molecule has 2 atom stereocenters. The van der Waals surface area contributed by atoms with Gasteiger partial charge in [0, 0.05) is 25.9 Å². The highest BCUT2D eigenvalue weighted by Gasteiger charge is 2.31. The van der Waals surface area contributed by atoms with Crippen molar-refractivity contribution in [1.82, 2.24) is 9.80 Å². The van der Waals surface area contributed by atoms with Gasteiger partial charge in [-0.25, -0.2) is 0 Å². The summed E-state index contributed by atoms with van der Waals surface area (Å²) in [6.45, 7) is 5.14. The van der Waals surface area contributed by atoms with E-state index in [0.717, 1.165) is 38.5 Å². The topological polar surface area (TPSA) is 117 Å². The zero-order valence-corrected chi connectivity index (χ0v) is 19.1. The van der Waals surface area contributed by atoms with E-state index in [1.54, 1.807) is 4.90 Å². The number of likely N-dealkylation sites (tertiary alicyclic amines) is 1. The van der Waals surface area contributed by atoms with Crippen LogP contribution in [0.1, 0.15) is 65.2 Å². The van der Waals surface area contributed by atoms with Crippen molar-refractivity contribution >= 4 is 17.8 Å². The molecule has 1 heterocycles. The Morgan fingerprint density at radius 1 is 0.839 bits per heavy atom. The number of esters is 2. The number of carbonyl (C=O) groups excluding carboxylic acids is 3. The van der Waals surface area contributed by atoms with E-state index in [2.05, 4.69) is 13.8 Å². The third-order valence-electron chi connectivity index (χ3n) is 5.26. The summed E-state index contributed by atoms with van der Waals surface area (Å²) in [5, 5.41) is 19.3. The second kappa shape index (κ2) is 16.0. The molecule has 180 valence electrons. The van der Waals surface area contributed by atoms with E-state index in [4.69, 9.17) is 9.47 Å². The molecule has 0 aromatic heterocycles. The number of aliphatic hydroxyl groups is 2. The lowest BCUT2D eigenvalue weighted by molar-refractivity contribution is -0.148. The Hall–Kier alpha value is -1.71. The molecule has 0 bridgehead atoms. The zero-order chi connectivity index (χ0) is 23.1. The van der Waals surface area contributed by atoms with Gasteiger partial charge in [-0.3, -0.25) is 19.3 Å². The molecule has 9 heteroatoms. The number of nitrogens with zero attached hydrogens (tertiary/aromatic N) is 2.